The molecule has 0 N–H and O–H groups in total. The Morgan fingerprint density at radius 3 is 3.04 bits per heavy atom. The number of rotatable bonds is 5. The second kappa shape index (κ2) is 6.91. The molecule has 3 rings (SSSR count). The van der Waals surface area contributed by atoms with Crippen molar-refractivity contribution in [2.24, 2.45) is 7.05 Å². The van der Waals surface area contributed by atoms with Crippen LogP contribution in [0.5, 0.6) is 0 Å². The van der Waals surface area contributed by atoms with Gasteiger partial charge in [-0.2, -0.15) is 5.10 Å². The first kappa shape index (κ1) is 15.7. The summed E-state index contributed by atoms with van der Waals surface area (Å²) < 4.78 is 8.80. The zero-order chi connectivity index (χ0) is 16.2. The number of aromatic nitrogens is 5. The highest BCUT2D eigenvalue weighted by Crippen LogP contribution is 2.25. The highest BCUT2D eigenvalue weighted by atomic mass is 16.5. The van der Waals surface area contributed by atoms with Crippen molar-refractivity contribution in [3.63, 3.8) is 0 Å². The van der Waals surface area contributed by atoms with E-state index in [4.69, 9.17) is 4.74 Å². The quantitative estimate of drug-likeness (QED) is 0.798. The summed E-state index contributed by atoms with van der Waals surface area (Å²) in [7, 11) is 3.52. The molecule has 8 heteroatoms. The van der Waals surface area contributed by atoms with Crippen molar-refractivity contribution >= 4 is 5.91 Å². The Labute approximate surface area is 135 Å². The number of piperidine rings is 1. The van der Waals surface area contributed by atoms with Gasteiger partial charge in [0.2, 0.25) is 5.91 Å². The second-order valence-electron chi connectivity index (χ2n) is 5.85. The SMILES string of the molecule is COCC(=O)N1CCC[C@H](c2nnc(Cn3cccn3)n2C)C1. The van der Waals surface area contributed by atoms with Gasteiger partial charge in [0.1, 0.15) is 19.0 Å². The smallest absolute Gasteiger partial charge is 0.248 e. The van der Waals surface area contributed by atoms with Gasteiger partial charge in [0, 0.05) is 45.6 Å². The number of hydrogen-bond acceptors (Lipinski definition) is 5. The average molecular weight is 318 g/mol. The minimum atomic E-state index is 0.0381. The molecule has 0 bridgehead atoms. The molecular formula is C15H22N6O2. The highest BCUT2D eigenvalue weighted by molar-refractivity contribution is 5.77. The first-order valence-electron chi connectivity index (χ1n) is 7.81. The van der Waals surface area contributed by atoms with Gasteiger partial charge in [-0.3, -0.25) is 9.48 Å². The summed E-state index contributed by atoms with van der Waals surface area (Å²) in [5, 5.41) is 12.9. The van der Waals surface area contributed by atoms with Crippen LogP contribution in [0, 0.1) is 0 Å². The highest BCUT2D eigenvalue weighted by Gasteiger charge is 2.28. The summed E-state index contributed by atoms with van der Waals surface area (Å²) in [4.78, 5) is 13.9. The van der Waals surface area contributed by atoms with Gasteiger partial charge in [0.05, 0.1) is 0 Å². The predicted molar refractivity (Wildman–Crippen MR) is 82.8 cm³/mol. The van der Waals surface area contributed by atoms with Gasteiger partial charge in [-0.05, 0) is 18.9 Å². The Hall–Kier alpha value is -2.22. The lowest BCUT2D eigenvalue weighted by Gasteiger charge is -2.32. The van der Waals surface area contributed by atoms with Crippen molar-refractivity contribution in [3.8, 4) is 0 Å². The number of nitrogens with zero attached hydrogens (tertiary/aromatic N) is 6. The van der Waals surface area contributed by atoms with Crippen molar-refractivity contribution in [2.45, 2.75) is 25.3 Å². The summed E-state index contributed by atoms with van der Waals surface area (Å²) in [6.07, 6.45) is 5.64. The molecule has 0 aromatic carbocycles. The van der Waals surface area contributed by atoms with Crippen LogP contribution >= 0.6 is 0 Å². The molecule has 2 aromatic heterocycles. The lowest BCUT2D eigenvalue weighted by atomic mass is 9.97. The first-order valence-corrected chi connectivity index (χ1v) is 7.81. The average Bonchev–Trinajstić information content (AvgIpc) is 3.19. The molecule has 1 aliphatic heterocycles. The first-order chi connectivity index (χ1) is 11.2. The van der Waals surface area contributed by atoms with E-state index in [1.807, 2.05) is 33.5 Å². The van der Waals surface area contributed by atoms with Crippen LogP contribution in [0.4, 0.5) is 0 Å². The standard InChI is InChI=1S/C15H22N6O2/c1-19-13(10-21-8-4-6-16-21)17-18-15(19)12-5-3-7-20(9-12)14(22)11-23-2/h4,6,8,12H,3,5,7,9-11H2,1-2H3/t12-/m0/s1. The lowest BCUT2D eigenvalue weighted by molar-refractivity contribution is -0.136. The van der Waals surface area contributed by atoms with Gasteiger partial charge in [0.25, 0.3) is 0 Å². The molecule has 1 amide bonds. The Balaban J connectivity index is 1.71. The van der Waals surface area contributed by atoms with Crippen LogP contribution in [-0.4, -0.2) is 62.2 Å². The van der Waals surface area contributed by atoms with Crippen molar-refractivity contribution in [1.29, 1.82) is 0 Å². The minimum absolute atomic E-state index is 0.0381. The molecule has 124 valence electrons. The van der Waals surface area contributed by atoms with E-state index in [0.717, 1.165) is 31.0 Å². The molecule has 2 aromatic rings. The van der Waals surface area contributed by atoms with Gasteiger partial charge in [-0.15, -0.1) is 10.2 Å². The molecule has 23 heavy (non-hydrogen) atoms. The van der Waals surface area contributed by atoms with Crippen molar-refractivity contribution in [2.75, 3.05) is 26.8 Å². The van der Waals surface area contributed by atoms with E-state index in [9.17, 15) is 4.79 Å². The Morgan fingerprint density at radius 1 is 1.43 bits per heavy atom. The van der Waals surface area contributed by atoms with E-state index in [-0.39, 0.29) is 18.4 Å². The Morgan fingerprint density at radius 2 is 2.30 bits per heavy atom. The monoisotopic (exact) mass is 318 g/mol. The molecule has 1 aliphatic rings. The van der Waals surface area contributed by atoms with E-state index in [0.29, 0.717) is 13.1 Å². The summed E-state index contributed by atoms with van der Waals surface area (Å²) >= 11 is 0. The third-order valence-electron chi connectivity index (χ3n) is 4.27. The maximum Gasteiger partial charge on any atom is 0.248 e. The van der Waals surface area contributed by atoms with E-state index in [1.54, 1.807) is 13.3 Å². The van der Waals surface area contributed by atoms with E-state index >= 15 is 0 Å². The van der Waals surface area contributed by atoms with Crippen molar-refractivity contribution in [3.05, 3.63) is 30.1 Å². The molecule has 8 nitrogen and oxygen atoms in total. The Bertz CT molecular complexity index is 651. The van der Waals surface area contributed by atoms with Gasteiger partial charge >= 0.3 is 0 Å². The molecule has 0 radical (unpaired) electrons. The number of methoxy groups -OCH3 is 1. The number of carbonyl (C=O) groups is 1. The maximum atomic E-state index is 12.0. The molecule has 0 saturated carbocycles. The van der Waals surface area contributed by atoms with E-state index < -0.39 is 0 Å². The lowest BCUT2D eigenvalue weighted by Crippen LogP contribution is -2.41. The molecule has 0 unspecified atom stereocenters. The van der Waals surface area contributed by atoms with Gasteiger partial charge < -0.3 is 14.2 Å². The third kappa shape index (κ3) is 3.42. The topological polar surface area (TPSA) is 78.1 Å². The molecule has 1 atom stereocenters. The fourth-order valence-corrected chi connectivity index (χ4v) is 3.04. The third-order valence-corrected chi connectivity index (χ3v) is 4.27. The molecule has 1 saturated heterocycles. The molecule has 3 heterocycles. The number of ether oxygens (including phenoxy) is 1. The normalized spacial score (nSPS) is 18.3. The molecular weight excluding hydrogens is 296 g/mol. The molecule has 1 fully saturated rings. The van der Waals surface area contributed by atoms with Gasteiger partial charge in [0.15, 0.2) is 5.82 Å². The summed E-state index contributed by atoms with van der Waals surface area (Å²) in [6, 6.07) is 1.89. The van der Waals surface area contributed by atoms with Crippen molar-refractivity contribution < 1.29 is 9.53 Å². The summed E-state index contributed by atoms with van der Waals surface area (Å²) in [6.45, 7) is 2.19. The fraction of sp³-hybridized carbons (Fsp3) is 0.600. The van der Waals surface area contributed by atoms with Crippen LogP contribution in [0.15, 0.2) is 18.5 Å². The minimum Gasteiger partial charge on any atom is -0.375 e. The van der Waals surface area contributed by atoms with Gasteiger partial charge in [-0.25, -0.2) is 0 Å². The Kier molecular flexibility index (Phi) is 4.71. The zero-order valence-corrected chi connectivity index (χ0v) is 13.6. The van der Waals surface area contributed by atoms with Crippen LogP contribution in [0.1, 0.15) is 30.4 Å². The number of carbonyl (C=O) groups excluding carboxylic acids is 1. The molecule has 0 aliphatic carbocycles. The van der Waals surface area contributed by atoms with E-state index in [2.05, 4.69) is 15.3 Å². The van der Waals surface area contributed by atoms with Crippen LogP contribution < -0.4 is 0 Å². The second-order valence-corrected chi connectivity index (χ2v) is 5.85. The predicted octanol–water partition coefficient (Wildman–Crippen LogP) is 0.412. The number of amides is 1. The molecule has 0 spiro atoms. The van der Waals surface area contributed by atoms with E-state index in [1.165, 1.54) is 0 Å². The van der Waals surface area contributed by atoms with Crippen LogP contribution in [-0.2, 0) is 23.1 Å². The van der Waals surface area contributed by atoms with Crippen LogP contribution in [0.2, 0.25) is 0 Å². The zero-order valence-electron chi connectivity index (χ0n) is 13.6. The van der Waals surface area contributed by atoms with Crippen molar-refractivity contribution in [1.82, 2.24) is 29.4 Å². The maximum absolute atomic E-state index is 12.0. The van der Waals surface area contributed by atoms with Gasteiger partial charge in [-0.1, -0.05) is 0 Å². The van der Waals surface area contributed by atoms with Crippen LogP contribution in [0.25, 0.3) is 0 Å². The number of likely N-dealkylation sites (tertiary alicyclic amines) is 1. The number of hydrogen-bond donors (Lipinski definition) is 0. The summed E-state index contributed by atoms with van der Waals surface area (Å²) in [5.74, 6) is 2.05. The largest absolute Gasteiger partial charge is 0.375 e. The van der Waals surface area contributed by atoms with Crippen LogP contribution in [0.3, 0.4) is 0 Å². The summed E-state index contributed by atoms with van der Waals surface area (Å²) in [5.41, 5.74) is 0. The fourth-order valence-electron chi connectivity index (χ4n) is 3.04.